The van der Waals surface area contributed by atoms with Crippen molar-refractivity contribution in [1.29, 1.82) is 0 Å². The topological polar surface area (TPSA) is 37.3 Å². The zero-order valence-electron chi connectivity index (χ0n) is 8.76. The summed E-state index contributed by atoms with van der Waals surface area (Å²) in [7, 11) is 0. The Labute approximate surface area is 94.2 Å². The van der Waals surface area contributed by atoms with Crippen LogP contribution < -0.4 is 0 Å². The van der Waals surface area contributed by atoms with E-state index >= 15 is 0 Å². The largest absolute Gasteiger partial charge is 0.508 e. The Morgan fingerprint density at radius 1 is 1.00 bits per heavy atom. The molecule has 0 bridgehead atoms. The summed E-state index contributed by atoms with van der Waals surface area (Å²) in [5.74, 6) is 0.269. The van der Waals surface area contributed by atoms with Crippen LogP contribution in [0.15, 0.2) is 48.5 Å². The predicted octanol–water partition coefficient (Wildman–Crippen LogP) is 2.80. The number of phenols is 1. The summed E-state index contributed by atoms with van der Waals surface area (Å²) in [6, 6.07) is 14.6. The Morgan fingerprint density at radius 3 is 2.44 bits per heavy atom. The highest BCUT2D eigenvalue weighted by atomic mass is 16.3. The van der Waals surface area contributed by atoms with E-state index in [-0.39, 0.29) is 5.75 Å². The molecular formula is C14H12O2. The molecule has 2 nitrogen and oxygen atoms in total. The average Bonchev–Trinajstić information content (AvgIpc) is 2.32. The molecule has 0 aliphatic carbocycles. The Bertz CT molecular complexity index is 486. The van der Waals surface area contributed by atoms with Crippen LogP contribution in [-0.4, -0.2) is 11.4 Å². The minimum absolute atomic E-state index is 0.269. The first-order valence-electron chi connectivity index (χ1n) is 5.10. The molecule has 0 unspecified atom stereocenters. The summed E-state index contributed by atoms with van der Waals surface area (Å²) in [5, 5.41) is 9.16. The normalized spacial score (nSPS) is 10.0. The van der Waals surface area contributed by atoms with E-state index in [1.54, 1.807) is 18.2 Å². The summed E-state index contributed by atoms with van der Waals surface area (Å²) >= 11 is 0. The first-order chi connectivity index (χ1) is 7.78. The highest BCUT2D eigenvalue weighted by molar-refractivity contribution is 5.74. The number of carbonyl (C=O) groups excluding carboxylic acids is 1. The summed E-state index contributed by atoms with van der Waals surface area (Å²) in [5.41, 5.74) is 2.90. The fraction of sp³-hybridized carbons (Fsp3) is 0.0714. The van der Waals surface area contributed by atoms with E-state index in [0.29, 0.717) is 5.56 Å². The van der Waals surface area contributed by atoms with Crippen molar-refractivity contribution in [3.05, 3.63) is 65.2 Å². The van der Waals surface area contributed by atoms with Gasteiger partial charge in [0.25, 0.3) is 0 Å². The third-order valence-electron chi connectivity index (χ3n) is 2.43. The molecule has 0 fully saturated rings. The van der Waals surface area contributed by atoms with Crippen molar-refractivity contribution in [3.8, 4) is 5.75 Å². The van der Waals surface area contributed by atoms with Crippen molar-refractivity contribution in [2.24, 2.45) is 0 Å². The molecule has 2 rings (SSSR count). The summed E-state index contributed by atoms with van der Waals surface area (Å²) in [6.45, 7) is 0. The van der Waals surface area contributed by atoms with Crippen molar-refractivity contribution in [3.63, 3.8) is 0 Å². The molecule has 2 heteroatoms. The minimum Gasteiger partial charge on any atom is -0.508 e. The number of rotatable bonds is 3. The Morgan fingerprint density at radius 2 is 1.75 bits per heavy atom. The molecule has 0 saturated heterocycles. The highest BCUT2D eigenvalue weighted by Gasteiger charge is 1.98. The first-order valence-corrected chi connectivity index (χ1v) is 5.10. The van der Waals surface area contributed by atoms with Gasteiger partial charge in [-0.2, -0.15) is 0 Å². The molecule has 0 amide bonds. The van der Waals surface area contributed by atoms with Crippen LogP contribution in [0.2, 0.25) is 0 Å². The third kappa shape index (κ3) is 2.48. The van der Waals surface area contributed by atoms with Crippen molar-refractivity contribution in [2.45, 2.75) is 6.42 Å². The van der Waals surface area contributed by atoms with E-state index in [1.807, 2.05) is 30.3 Å². The lowest BCUT2D eigenvalue weighted by molar-refractivity contribution is 0.112. The van der Waals surface area contributed by atoms with Crippen LogP contribution in [0.4, 0.5) is 0 Å². The first kappa shape index (κ1) is 10.4. The van der Waals surface area contributed by atoms with Crippen LogP contribution in [0.3, 0.4) is 0 Å². The molecule has 0 heterocycles. The second-order valence-electron chi connectivity index (χ2n) is 3.71. The van der Waals surface area contributed by atoms with Crippen molar-refractivity contribution in [1.82, 2.24) is 0 Å². The van der Waals surface area contributed by atoms with Crippen LogP contribution in [-0.2, 0) is 6.42 Å². The smallest absolute Gasteiger partial charge is 0.150 e. The molecule has 0 aromatic heterocycles. The lowest BCUT2D eigenvalue weighted by Gasteiger charge is -2.02. The van der Waals surface area contributed by atoms with Gasteiger partial charge in [-0.05, 0) is 35.7 Å². The monoisotopic (exact) mass is 212 g/mol. The SMILES string of the molecule is O=Cc1cccc(Cc2ccc(O)cc2)c1. The zero-order valence-corrected chi connectivity index (χ0v) is 8.76. The molecule has 1 N–H and O–H groups in total. The molecule has 0 radical (unpaired) electrons. The zero-order chi connectivity index (χ0) is 11.4. The number of aromatic hydroxyl groups is 1. The fourth-order valence-electron chi connectivity index (χ4n) is 1.63. The van der Waals surface area contributed by atoms with Crippen molar-refractivity contribution >= 4 is 6.29 Å². The second-order valence-corrected chi connectivity index (χ2v) is 3.71. The third-order valence-corrected chi connectivity index (χ3v) is 2.43. The van der Waals surface area contributed by atoms with E-state index in [0.717, 1.165) is 23.8 Å². The van der Waals surface area contributed by atoms with E-state index < -0.39 is 0 Å². The molecular weight excluding hydrogens is 200 g/mol. The summed E-state index contributed by atoms with van der Waals surface area (Å²) in [6.07, 6.45) is 1.61. The van der Waals surface area contributed by atoms with Gasteiger partial charge >= 0.3 is 0 Å². The Kier molecular flexibility index (Phi) is 3.01. The number of phenolic OH excluding ortho intramolecular Hbond substituents is 1. The standard InChI is InChI=1S/C14H12O2/c15-10-13-3-1-2-12(9-13)8-11-4-6-14(16)7-5-11/h1-7,9-10,16H,8H2. The van der Waals surface area contributed by atoms with Gasteiger partial charge in [0.05, 0.1) is 0 Å². The van der Waals surface area contributed by atoms with Gasteiger partial charge in [-0.3, -0.25) is 4.79 Å². The molecule has 2 aromatic rings. The lowest BCUT2D eigenvalue weighted by atomic mass is 10.0. The maximum absolute atomic E-state index is 10.6. The predicted molar refractivity (Wildman–Crippen MR) is 62.7 cm³/mol. The minimum atomic E-state index is 0.269. The number of carbonyl (C=O) groups is 1. The number of hydrogen-bond acceptors (Lipinski definition) is 2. The molecule has 2 aromatic carbocycles. The fourth-order valence-corrected chi connectivity index (χ4v) is 1.63. The van der Waals surface area contributed by atoms with Gasteiger partial charge in [0.2, 0.25) is 0 Å². The number of hydrogen-bond donors (Lipinski definition) is 1. The van der Waals surface area contributed by atoms with Crippen LogP contribution in [0.1, 0.15) is 21.5 Å². The quantitative estimate of drug-likeness (QED) is 0.794. The second kappa shape index (κ2) is 4.62. The average molecular weight is 212 g/mol. The molecule has 0 saturated carbocycles. The van der Waals surface area contributed by atoms with Crippen LogP contribution in [0.5, 0.6) is 5.75 Å². The molecule has 0 aliphatic heterocycles. The van der Waals surface area contributed by atoms with E-state index in [2.05, 4.69) is 0 Å². The van der Waals surface area contributed by atoms with Gasteiger partial charge in [-0.15, -0.1) is 0 Å². The van der Waals surface area contributed by atoms with Crippen LogP contribution in [0.25, 0.3) is 0 Å². The maximum Gasteiger partial charge on any atom is 0.150 e. The molecule has 0 aliphatic rings. The molecule has 0 spiro atoms. The van der Waals surface area contributed by atoms with Crippen molar-refractivity contribution < 1.29 is 9.90 Å². The maximum atomic E-state index is 10.6. The van der Waals surface area contributed by atoms with Gasteiger partial charge in [0, 0.05) is 5.56 Å². The Balaban J connectivity index is 2.20. The summed E-state index contributed by atoms with van der Waals surface area (Å²) < 4.78 is 0. The van der Waals surface area contributed by atoms with Gasteiger partial charge in [0.1, 0.15) is 12.0 Å². The molecule has 80 valence electrons. The number of aldehydes is 1. The van der Waals surface area contributed by atoms with Gasteiger partial charge in [-0.25, -0.2) is 0 Å². The van der Waals surface area contributed by atoms with Crippen molar-refractivity contribution in [2.75, 3.05) is 0 Å². The van der Waals surface area contributed by atoms with Crippen LogP contribution in [0, 0.1) is 0 Å². The van der Waals surface area contributed by atoms with Gasteiger partial charge in [-0.1, -0.05) is 30.3 Å². The molecule has 0 atom stereocenters. The lowest BCUT2D eigenvalue weighted by Crippen LogP contribution is -1.89. The van der Waals surface area contributed by atoms with E-state index in [4.69, 9.17) is 5.11 Å². The Hall–Kier alpha value is -2.09. The van der Waals surface area contributed by atoms with Gasteiger partial charge < -0.3 is 5.11 Å². The highest BCUT2D eigenvalue weighted by Crippen LogP contribution is 2.14. The molecule has 16 heavy (non-hydrogen) atoms. The number of benzene rings is 2. The van der Waals surface area contributed by atoms with E-state index in [1.165, 1.54) is 0 Å². The van der Waals surface area contributed by atoms with Gasteiger partial charge in [0.15, 0.2) is 0 Å². The van der Waals surface area contributed by atoms with Crippen LogP contribution >= 0.6 is 0 Å². The summed E-state index contributed by atoms with van der Waals surface area (Å²) in [4.78, 5) is 10.6. The van der Waals surface area contributed by atoms with E-state index in [9.17, 15) is 4.79 Å².